The normalized spacial score (nSPS) is 14.1. The summed E-state index contributed by atoms with van der Waals surface area (Å²) in [5.74, 6) is -1.15. The highest BCUT2D eigenvalue weighted by atomic mass is 16.4. The molecule has 0 aromatic heterocycles. The number of carbonyl (C=O) groups is 3. The minimum atomic E-state index is -0.923. The summed E-state index contributed by atoms with van der Waals surface area (Å²) in [6.45, 7) is 1.51. The molecular formula is C18H38N6O4. The van der Waals surface area contributed by atoms with Crippen LogP contribution >= 0.6 is 0 Å². The molecule has 28 heavy (non-hydrogen) atoms. The van der Waals surface area contributed by atoms with Crippen LogP contribution in [0.5, 0.6) is 0 Å². The lowest BCUT2D eigenvalue weighted by Gasteiger charge is -2.14. The number of carbonyl (C=O) groups excluding carboxylic acids is 2. The molecule has 11 N–H and O–H groups in total. The van der Waals surface area contributed by atoms with Gasteiger partial charge >= 0.3 is 5.97 Å². The Morgan fingerprint density at radius 2 is 1.11 bits per heavy atom. The molecule has 0 aliphatic heterocycles. The maximum absolute atomic E-state index is 11.8. The van der Waals surface area contributed by atoms with Crippen LogP contribution in [-0.4, -0.2) is 60.6 Å². The molecule has 10 heteroatoms. The second kappa shape index (κ2) is 16.2. The molecule has 0 heterocycles. The van der Waals surface area contributed by atoms with Gasteiger partial charge in [-0.05, 0) is 45.1 Å². The van der Waals surface area contributed by atoms with Crippen molar-refractivity contribution in [1.82, 2.24) is 10.6 Å². The standard InChI is InChI=1S/C18H38N6O4/c19-7-1-4-13(20)10-16(25)23-8-2-5-14(21)11-17(26)24-9-3-6-15(22)12-18(27)28/h13-15H,1-12,19-22H2,(H,23,25)(H,24,26)(H,27,28)/t13-,14-,15-/m0/s1. The Morgan fingerprint density at radius 1 is 0.714 bits per heavy atom. The van der Waals surface area contributed by atoms with Crippen LogP contribution < -0.4 is 33.6 Å². The number of carboxylic acids is 1. The third kappa shape index (κ3) is 16.4. The van der Waals surface area contributed by atoms with Crippen LogP contribution in [0.3, 0.4) is 0 Å². The molecule has 0 aromatic carbocycles. The zero-order valence-electron chi connectivity index (χ0n) is 16.7. The Labute approximate surface area is 167 Å². The van der Waals surface area contributed by atoms with E-state index in [1.54, 1.807) is 0 Å². The molecule has 0 fully saturated rings. The second-order valence-corrected chi connectivity index (χ2v) is 7.20. The average Bonchev–Trinajstić information content (AvgIpc) is 2.60. The Kier molecular flexibility index (Phi) is 15.2. The molecule has 0 rings (SSSR count). The summed E-state index contributed by atoms with van der Waals surface area (Å²) in [7, 11) is 0. The summed E-state index contributed by atoms with van der Waals surface area (Å²) in [6.07, 6.45) is 4.41. The van der Waals surface area contributed by atoms with Crippen molar-refractivity contribution in [2.45, 2.75) is 75.9 Å². The number of aliphatic carboxylic acids is 1. The van der Waals surface area contributed by atoms with Crippen LogP contribution in [0, 0.1) is 0 Å². The first-order chi connectivity index (χ1) is 13.2. The SMILES string of the molecule is NCCC[C@H](N)CC(=O)NCCC[C@H](N)CC(=O)NCCC[C@H](N)CC(=O)O. The van der Waals surface area contributed by atoms with Crippen molar-refractivity contribution >= 4 is 17.8 Å². The fourth-order valence-electron chi connectivity index (χ4n) is 2.72. The van der Waals surface area contributed by atoms with Crippen LogP contribution in [0.25, 0.3) is 0 Å². The third-order valence-corrected chi connectivity index (χ3v) is 4.26. The van der Waals surface area contributed by atoms with E-state index >= 15 is 0 Å². The first kappa shape index (κ1) is 26.2. The third-order valence-electron chi connectivity index (χ3n) is 4.26. The minimum Gasteiger partial charge on any atom is -0.481 e. The summed E-state index contributed by atoms with van der Waals surface area (Å²) in [5, 5.41) is 14.2. The maximum Gasteiger partial charge on any atom is 0.304 e. The number of amides is 2. The molecule has 0 aliphatic carbocycles. The molecule has 3 atom stereocenters. The number of hydrogen-bond acceptors (Lipinski definition) is 7. The molecule has 10 nitrogen and oxygen atoms in total. The van der Waals surface area contributed by atoms with Crippen molar-refractivity contribution < 1.29 is 19.5 Å². The van der Waals surface area contributed by atoms with Gasteiger partial charge in [-0.25, -0.2) is 0 Å². The van der Waals surface area contributed by atoms with Crippen molar-refractivity contribution in [2.24, 2.45) is 22.9 Å². The molecule has 0 aliphatic rings. The lowest BCUT2D eigenvalue weighted by Crippen LogP contribution is -2.35. The second-order valence-electron chi connectivity index (χ2n) is 7.20. The number of nitrogens with one attached hydrogen (secondary N) is 2. The lowest BCUT2D eigenvalue weighted by molar-refractivity contribution is -0.137. The van der Waals surface area contributed by atoms with Crippen LogP contribution in [0.2, 0.25) is 0 Å². The molecule has 0 spiro atoms. The first-order valence-corrected chi connectivity index (χ1v) is 9.96. The van der Waals surface area contributed by atoms with Gasteiger partial charge in [-0.15, -0.1) is 0 Å². The van der Waals surface area contributed by atoms with Crippen molar-refractivity contribution in [3.63, 3.8) is 0 Å². The van der Waals surface area contributed by atoms with E-state index in [1.807, 2.05) is 0 Å². The average molecular weight is 403 g/mol. The van der Waals surface area contributed by atoms with Gasteiger partial charge in [0.25, 0.3) is 0 Å². The summed E-state index contributed by atoms with van der Waals surface area (Å²) < 4.78 is 0. The fraction of sp³-hybridized carbons (Fsp3) is 0.833. The van der Waals surface area contributed by atoms with E-state index in [4.69, 9.17) is 28.0 Å². The van der Waals surface area contributed by atoms with Gasteiger partial charge in [0.15, 0.2) is 0 Å². The topological polar surface area (TPSA) is 200 Å². The number of rotatable bonds is 17. The van der Waals surface area contributed by atoms with Gasteiger partial charge in [0.1, 0.15) is 0 Å². The number of carboxylic acid groups (broad SMARTS) is 1. The van der Waals surface area contributed by atoms with Crippen molar-refractivity contribution in [3.8, 4) is 0 Å². The molecular weight excluding hydrogens is 364 g/mol. The van der Waals surface area contributed by atoms with Crippen molar-refractivity contribution in [1.29, 1.82) is 0 Å². The van der Waals surface area contributed by atoms with Gasteiger partial charge in [-0.1, -0.05) is 0 Å². The summed E-state index contributed by atoms with van der Waals surface area (Å²) >= 11 is 0. The fourth-order valence-corrected chi connectivity index (χ4v) is 2.72. The van der Waals surface area contributed by atoms with E-state index in [0.29, 0.717) is 45.3 Å². The van der Waals surface area contributed by atoms with E-state index in [1.165, 1.54) is 0 Å². The van der Waals surface area contributed by atoms with Crippen molar-refractivity contribution in [2.75, 3.05) is 19.6 Å². The molecule has 0 aromatic rings. The summed E-state index contributed by atoms with van der Waals surface area (Å²) in [4.78, 5) is 34.1. The highest BCUT2D eigenvalue weighted by molar-refractivity contribution is 5.77. The number of nitrogens with two attached hydrogens (primary N) is 4. The first-order valence-electron chi connectivity index (χ1n) is 9.96. The highest BCUT2D eigenvalue weighted by Crippen LogP contribution is 2.02. The zero-order chi connectivity index (χ0) is 21.4. The van der Waals surface area contributed by atoms with Crippen LogP contribution in [0.4, 0.5) is 0 Å². The molecule has 164 valence electrons. The molecule has 0 bridgehead atoms. The van der Waals surface area contributed by atoms with Gasteiger partial charge in [-0.2, -0.15) is 0 Å². The van der Waals surface area contributed by atoms with E-state index in [2.05, 4.69) is 10.6 Å². The molecule has 2 amide bonds. The molecule has 0 radical (unpaired) electrons. The Balaban J connectivity index is 3.69. The summed E-state index contributed by atoms with van der Waals surface area (Å²) in [6, 6.07) is -0.853. The minimum absolute atomic E-state index is 0.0744. The van der Waals surface area contributed by atoms with Gasteiger partial charge in [0, 0.05) is 44.1 Å². The van der Waals surface area contributed by atoms with E-state index in [0.717, 1.165) is 12.8 Å². The van der Waals surface area contributed by atoms with Gasteiger partial charge in [0.05, 0.1) is 6.42 Å². The maximum atomic E-state index is 11.8. The Hall–Kier alpha value is -1.75. The largest absolute Gasteiger partial charge is 0.481 e. The van der Waals surface area contributed by atoms with Crippen molar-refractivity contribution in [3.05, 3.63) is 0 Å². The quantitative estimate of drug-likeness (QED) is 0.146. The van der Waals surface area contributed by atoms with Gasteiger partial charge < -0.3 is 38.7 Å². The predicted molar refractivity (Wildman–Crippen MR) is 108 cm³/mol. The molecule has 0 unspecified atom stereocenters. The monoisotopic (exact) mass is 402 g/mol. The Morgan fingerprint density at radius 3 is 1.50 bits per heavy atom. The van der Waals surface area contributed by atoms with E-state index in [9.17, 15) is 14.4 Å². The van der Waals surface area contributed by atoms with Gasteiger partial charge in [-0.3, -0.25) is 14.4 Å². The van der Waals surface area contributed by atoms with E-state index in [-0.39, 0.29) is 43.2 Å². The predicted octanol–water partition coefficient (Wildman–Crippen LogP) is -1.25. The van der Waals surface area contributed by atoms with Crippen LogP contribution in [0.15, 0.2) is 0 Å². The smallest absolute Gasteiger partial charge is 0.304 e. The van der Waals surface area contributed by atoms with Crippen LogP contribution in [-0.2, 0) is 14.4 Å². The zero-order valence-corrected chi connectivity index (χ0v) is 16.7. The molecule has 0 saturated heterocycles. The Bertz CT molecular complexity index is 463. The van der Waals surface area contributed by atoms with E-state index < -0.39 is 12.0 Å². The molecule has 0 saturated carbocycles. The number of hydrogen-bond donors (Lipinski definition) is 7. The summed E-state index contributed by atoms with van der Waals surface area (Å²) in [5.41, 5.74) is 22.8. The van der Waals surface area contributed by atoms with Crippen LogP contribution in [0.1, 0.15) is 57.8 Å². The van der Waals surface area contributed by atoms with Gasteiger partial charge in [0.2, 0.25) is 11.8 Å². The highest BCUT2D eigenvalue weighted by Gasteiger charge is 2.12. The lowest BCUT2D eigenvalue weighted by atomic mass is 10.1.